The highest BCUT2D eigenvalue weighted by molar-refractivity contribution is 5.94. The summed E-state index contributed by atoms with van der Waals surface area (Å²) in [5, 5.41) is 8.64. The highest BCUT2D eigenvalue weighted by Gasteiger charge is 2.34. The molecule has 0 spiro atoms. The third kappa shape index (κ3) is 3.70. The lowest BCUT2D eigenvalue weighted by molar-refractivity contribution is -0.140. The van der Waals surface area contributed by atoms with Gasteiger partial charge in [0.05, 0.1) is 17.6 Å². The number of carbonyl (C=O) groups is 1. The van der Waals surface area contributed by atoms with E-state index in [-0.39, 0.29) is 12.1 Å². The van der Waals surface area contributed by atoms with E-state index in [4.69, 9.17) is 5.26 Å². The smallest absolute Gasteiger partial charge is 0.340 e. The highest BCUT2D eigenvalue weighted by Crippen LogP contribution is 2.32. The number of carbonyl (C=O) groups excluding carboxylic acids is 1. The van der Waals surface area contributed by atoms with Gasteiger partial charge in [-0.25, -0.2) is 4.39 Å². The number of hydrogen-bond donors (Lipinski definition) is 0. The van der Waals surface area contributed by atoms with Gasteiger partial charge in [-0.3, -0.25) is 4.79 Å². The molecule has 0 aliphatic rings. The van der Waals surface area contributed by atoms with Gasteiger partial charge in [0.25, 0.3) is 5.91 Å². The molecule has 0 saturated heterocycles. The summed E-state index contributed by atoms with van der Waals surface area (Å²) in [5.41, 5.74) is -1.75. The van der Waals surface area contributed by atoms with Crippen LogP contribution in [0.25, 0.3) is 0 Å². The van der Waals surface area contributed by atoms with Gasteiger partial charge >= 0.3 is 6.18 Å². The minimum absolute atomic E-state index is 0.0774. The molecule has 0 bridgehead atoms. The normalized spacial score (nSPS) is 12.7. The fourth-order valence-electron chi connectivity index (χ4n) is 1.63. The van der Waals surface area contributed by atoms with Crippen molar-refractivity contribution in [2.24, 2.45) is 5.92 Å². The molecule has 0 N–H and O–H groups in total. The van der Waals surface area contributed by atoms with Crippen molar-refractivity contribution >= 4 is 5.91 Å². The molecule has 0 saturated carbocycles. The largest absolute Gasteiger partial charge is 0.419 e. The lowest BCUT2D eigenvalue weighted by atomic mass is 10.1. The molecule has 0 aliphatic heterocycles. The van der Waals surface area contributed by atoms with Crippen LogP contribution in [0, 0.1) is 23.1 Å². The third-order valence-electron chi connectivity index (χ3n) is 2.63. The standard InChI is InChI=1S/C13H12F4N2O/c1-8(6-18)7-19(2)12(20)9-3-4-11(14)10(5-9)13(15,16)17/h3-5,8H,7H2,1-2H3. The second kappa shape index (κ2) is 5.90. The molecule has 1 atom stereocenters. The minimum atomic E-state index is -4.86. The Morgan fingerprint density at radius 2 is 2.05 bits per heavy atom. The quantitative estimate of drug-likeness (QED) is 0.802. The van der Waals surface area contributed by atoms with Crippen LogP contribution in [0.4, 0.5) is 17.6 Å². The van der Waals surface area contributed by atoms with E-state index in [0.717, 1.165) is 11.0 Å². The van der Waals surface area contributed by atoms with Crippen molar-refractivity contribution in [3.8, 4) is 6.07 Å². The summed E-state index contributed by atoms with van der Waals surface area (Å²) in [6.07, 6.45) is -4.86. The van der Waals surface area contributed by atoms with Crippen molar-refractivity contribution in [3.05, 3.63) is 35.1 Å². The van der Waals surface area contributed by atoms with Crippen LogP contribution >= 0.6 is 0 Å². The zero-order valence-electron chi connectivity index (χ0n) is 10.8. The summed E-state index contributed by atoms with van der Waals surface area (Å²) >= 11 is 0. The molecule has 3 nitrogen and oxygen atoms in total. The maximum Gasteiger partial charge on any atom is 0.419 e. The van der Waals surface area contributed by atoms with Gasteiger partial charge in [0, 0.05) is 19.2 Å². The lowest BCUT2D eigenvalue weighted by Crippen LogP contribution is -2.31. The summed E-state index contributed by atoms with van der Waals surface area (Å²) in [7, 11) is 1.37. The molecule has 1 unspecified atom stereocenters. The van der Waals surface area contributed by atoms with Crippen molar-refractivity contribution in [1.82, 2.24) is 4.90 Å². The van der Waals surface area contributed by atoms with Gasteiger partial charge in [-0.2, -0.15) is 18.4 Å². The van der Waals surface area contributed by atoms with Gasteiger partial charge in [-0.05, 0) is 25.1 Å². The first-order valence-electron chi connectivity index (χ1n) is 5.68. The second-order valence-corrected chi connectivity index (χ2v) is 4.41. The average molecular weight is 288 g/mol. The lowest BCUT2D eigenvalue weighted by Gasteiger charge is -2.19. The first-order chi connectivity index (χ1) is 9.16. The van der Waals surface area contributed by atoms with Gasteiger partial charge in [-0.15, -0.1) is 0 Å². The van der Waals surface area contributed by atoms with Gasteiger partial charge in [0.1, 0.15) is 5.82 Å². The molecular formula is C13H12F4N2O. The molecule has 20 heavy (non-hydrogen) atoms. The van der Waals surface area contributed by atoms with Crippen molar-refractivity contribution in [1.29, 1.82) is 5.26 Å². The van der Waals surface area contributed by atoms with Crippen LogP contribution in [0.15, 0.2) is 18.2 Å². The van der Waals surface area contributed by atoms with E-state index in [9.17, 15) is 22.4 Å². The molecule has 108 valence electrons. The van der Waals surface area contributed by atoms with Crippen molar-refractivity contribution < 1.29 is 22.4 Å². The van der Waals surface area contributed by atoms with E-state index in [2.05, 4.69) is 0 Å². The SMILES string of the molecule is CC(C#N)CN(C)C(=O)c1ccc(F)c(C(F)(F)F)c1. The van der Waals surface area contributed by atoms with Crippen LogP contribution in [0.2, 0.25) is 0 Å². The summed E-state index contributed by atoms with van der Waals surface area (Å²) in [4.78, 5) is 13.0. The minimum Gasteiger partial charge on any atom is -0.340 e. The number of nitrogens with zero attached hydrogens (tertiary/aromatic N) is 2. The van der Waals surface area contributed by atoms with Gasteiger partial charge in [0.2, 0.25) is 0 Å². The average Bonchev–Trinajstić information content (AvgIpc) is 2.36. The van der Waals surface area contributed by atoms with Crippen LogP contribution < -0.4 is 0 Å². The third-order valence-corrected chi connectivity index (χ3v) is 2.63. The maximum atomic E-state index is 13.1. The molecular weight excluding hydrogens is 276 g/mol. The molecule has 0 aliphatic carbocycles. The first kappa shape index (κ1) is 16.0. The summed E-state index contributed by atoms with van der Waals surface area (Å²) in [5.74, 6) is -2.58. The Labute approximate surface area is 113 Å². The van der Waals surface area contributed by atoms with Gasteiger partial charge in [0.15, 0.2) is 0 Å². The molecule has 1 aromatic rings. The van der Waals surface area contributed by atoms with Crippen molar-refractivity contribution in [3.63, 3.8) is 0 Å². The first-order valence-corrected chi connectivity index (χ1v) is 5.68. The van der Waals surface area contributed by atoms with Gasteiger partial charge in [-0.1, -0.05) is 0 Å². The van der Waals surface area contributed by atoms with Crippen LogP contribution in [0.1, 0.15) is 22.8 Å². The van der Waals surface area contributed by atoms with E-state index < -0.39 is 29.4 Å². The Morgan fingerprint density at radius 1 is 1.45 bits per heavy atom. The fourth-order valence-corrected chi connectivity index (χ4v) is 1.63. The number of rotatable bonds is 3. The van der Waals surface area contributed by atoms with E-state index in [0.29, 0.717) is 12.1 Å². The summed E-state index contributed by atoms with van der Waals surface area (Å²) in [6.45, 7) is 1.66. The van der Waals surface area contributed by atoms with Crippen LogP contribution in [-0.2, 0) is 6.18 Å². The molecule has 1 rings (SSSR count). The van der Waals surface area contributed by atoms with Crippen LogP contribution in [0.3, 0.4) is 0 Å². The maximum absolute atomic E-state index is 13.1. The molecule has 0 aromatic heterocycles. The Hall–Kier alpha value is -2.10. The number of nitriles is 1. The topological polar surface area (TPSA) is 44.1 Å². The number of hydrogen-bond acceptors (Lipinski definition) is 2. The Balaban J connectivity index is 3.04. The second-order valence-electron chi connectivity index (χ2n) is 4.41. The predicted molar refractivity (Wildman–Crippen MR) is 63.1 cm³/mol. The fraction of sp³-hybridized carbons (Fsp3) is 0.385. The van der Waals surface area contributed by atoms with Crippen molar-refractivity contribution in [2.75, 3.05) is 13.6 Å². The molecule has 0 radical (unpaired) electrons. The van der Waals surface area contributed by atoms with E-state index in [1.165, 1.54) is 7.05 Å². The zero-order valence-corrected chi connectivity index (χ0v) is 10.8. The molecule has 0 fully saturated rings. The van der Waals surface area contributed by atoms with E-state index in [1.54, 1.807) is 6.92 Å². The Kier molecular flexibility index (Phi) is 4.71. The summed E-state index contributed by atoms with van der Waals surface area (Å²) < 4.78 is 50.8. The molecule has 7 heteroatoms. The molecule has 1 aromatic carbocycles. The predicted octanol–water partition coefficient (Wildman–Crippen LogP) is 3.08. The number of alkyl halides is 3. The molecule has 0 heterocycles. The number of halogens is 4. The Bertz CT molecular complexity index is 548. The Morgan fingerprint density at radius 3 is 2.55 bits per heavy atom. The molecule has 1 amide bonds. The van der Waals surface area contributed by atoms with Crippen LogP contribution in [0.5, 0.6) is 0 Å². The van der Waals surface area contributed by atoms with Crippen LogP contribution in [-0.4, -0.2) is 24.4 Å². The number of amides is 1. The van der Waals surface area contributed by atoms with Crippen molar-refractivity contribution in [2.45, 2.75) is 13.1 Å². The van der Waals surface area contributed by atoms with Gasteiger partial charge < -0.3 is 4.90 Å². The number of benzene rings is 1. The zero-order chi connectivity index (χ0) is 15.5. The van der Waals surface area contributed by atoms with E-state index in [1.807, 2.05) is 6.07 Å². The monoisotopic (exact) mass is 288 g/mol. The van der Waals surface area contributed by atoms with E-state index >= 15 is 0 Å². The highest BCUT2D eigenvalue weighted by atomic mass is 19.4. The summed E-state index contributed by atoms with van der Waals surface area (Å²) in [6, 6.07) is 3.99.